The van der Waals surface area contributed by atoms with Crippen molar-refractivity contribution in [3.05, 3.63) is 84.5 Å². The highest BCUT2D eigenvalue weighted by molar-refractivity contribution is 6.02. The molecule has 2 rings (SSSR count). The maximum Gasteiger partial charge on any atom is 0.248 e. The molecular weight excluding hydrogens is 246 g/mol. The molecular formula is C18H17NO. The van der Waals surface area contributed by atoms with Crippen molar-refractivity contribution in [2.24, 2.45) is 0 Å². The number of rotatable bonds is 5. The Morgan fingerprint density at radius 2 is 1.75 bits per heavy atom. The highest BCUT2D eigenvalue weighted by Gasteiger charge is 2.02. The van der Waals surface area contributed by atoms with Crippen molar-refractivity contribution >= 4 is 17.7 Å². The average molecular weight is 263 g/mol. The first-order chi connectivity index (χ1) is 9.79. The van der Waals surface area contributed by atoms with Crippen LogP contribution < -0.4 is 5.32 Å². The highest BCUT2D eigenvalue weighted by atomic mass is 16.1. The minimum atomic E-state index is -0.134. The summed E-state index contributed by atoms with van der Waals surface area (Å²) in [7, 11) is 0. The van der Waals surface area contributed by atoms with Gasteiger partial charge in [0.2, 0.25) is 5.91 Å². The van der Waals surface area contributed by atoms with Crippen LogP contribution >= 0.6 is 0 Å². The van der Waals surface area contributed by atoms with Gasteiger partial charge in [0.15, 0.2) is 0 Å². The Hall–Kier alpha value is -2.61. The first kappa shape index (κ1) is 13.8. The second kappa shape index (κ2) is 7.10. The van der Waals surface area contributed by atoms with E-state index in [0.717, 1.165) is 23.2 Å². The van der Waals surface area contributed by atoms with Crippen molar-refractivity contribution in [1.82, 2.24) is 0 Å². The van der Waals surface area contributed by atoms with E-state index < -0.39 is 0 Å². The fourth-order valence-electron chi connectivity index (χ4n) is 1.89. The summed E-state index contributed by atoms with van der Waals surface area (Å²) in [4.78, 5) is 11.9. The molecule has 2 nitrogen and oxygen atoms in total. The maximum absolute atomic E-state index is 11.9. The van der Waals surface area contributed by atoms with Crippen LogP contribution in [0.4, 0.5) is 5.69 Å². The van der Waals surface area contributed by atoms with E-state index >= 15 is 0 Å². The van der Waals surface area contributed by atoms with Gasteiger partial charge in [-0.05, 0) is 29.7 Å². The second-order valence-corrected chi connectivity index (χ2v) is 4.38. The summed E-state index contributed by atoms with van der Waals surface area (Å²) in [5.74, 6) is -0.134. The Labute approximate surface area is 119 Å². The minimum absolute atomic E-state index is 0.134. The smallest absolute Gasteiger partial charge is 0.248 e. The van der Waals surface area contributed by atoms with Crippen molar-refractivity contribution < 1.29 is 4.79 Å². The molecule has 0 heterocycles. The second-order valence-electron chi connectivity index (χ2n) is 4.38. The monoisotopic (exact) mass is 263 g/mol. The molecule has 0 radical (unpaired) electrons. The molecule has 1 amide bonds. The number of hydrogen-bond acceptors (Lipinski definition) is 1. The lowest BCUT2D eigenvalue weighted by atomic mass is 10.1. The highest BCUT2D eigenvalue weighted by Crippen LogP contribution is 2.16. The number of carbonyl (C=O) groups is 1. The zero-order valence-corrected chi connectivity index (χ0v) is 11.3. The Balaban J connectivity index is 2.05. The topological polar surface area (TPSA) is 29.1 Å². The lowest BCUT2D eigenvalue weighted by molar-refractivity contribution is -0.111. The fraction of sp³-hybridized carbons (Fsp3) is 0.0556. The summed E-state index contributed by atoms with van der Waals surface area (Å²) in [5.41, 5.74) is 2.89. The number of anilines is 1. The van der Waals surface area contributed by atoms with Gasteiger partial charge in [-0.2, -0.15) is 0 Å². The number of hydrogen-bond donors (Lipinski definition) is 1. The summed E-state index contributed by atoms with van der Waals surface area (Å²) in [6.07, 6.45) is 5.90. The van der Waals surface area contributed by atoms with Gasteiger partial charge >= 0.3 is 0 Å². The van der Waals surface area contributed by atoms with Crippen LogP contribution in [0.15, 0.2) is 73.3 Å². The summed E-state index contributed by atoms with van der Waals surface area (Å²) >= 11 is 0. The Kier molecular flexibility index (Phi) is 4.90. The molecule has 1 N–H and O–H groups in total. The van der Waals surface area contributed by atoms with E-state index in [0.29, 0.717) is 0 Å². The summed E-state index contributed by atoms with van der Waals surface area (Å²) < 4.78 is 0. The number of nitrogens with one attached hydrogen (secondary N) is 1. The van der Waals surface area contributed by atoms with Gasteiger partial charge in [0.05, 0.1) is 0 Å². The molecule has 2 aromatic rings. The molecule has 0 aliphatic heterocycles. The molecule has 0 aliphatic carbocycles. The van der Waals surface area contributed by atoms with Crippen molar-refractivity contribution in [2.45, 2.75) is 6.42 Å². The average Bonchev–Trinajstić information content (AvgIpc) is 2.49. The predicted octanol–water partition coefficient (Wildman–Crippen LogP) is 4.07. The molecule has 0 saturated carbocycles. The van der Waals surface area contributed by atoms with Crippen molar-refractivity contribution in [2.75, 3.05) is 5.32 Å². The van der Waals surface area contributed by atoms with Gasteiger partial charge in [-0.25, -0.2) is 0 Å². The maximum atomic E-state index is 11.9. The van der Waals surface area contributed by atoms with Gasteiger partial charge in [-0.15, -0.1) is 6.58 Å². The van der Waals surface area contributed by atoms with E-state index in [4.69, 9.17) is 0 Å². The molecule has 0 spiro atoms. The third-order valence-corrected chi connectivity index (χ3v) is 2.87. The van der Waals surface area contributed by atoms with E-state index in [9.17, 15) is 4.79 Å². The van der Waals surface area contributed by atoms with Crippen LogP contribution in [0.2, 0.25) is 0 Å². The van der Waals surface area contributed by atoms with Gasteiger partial charge in [-0.3, -0.25) is 4.79 Å². The SMILES string of the molecule is C=CCc1ccccc1NC(=O)/C=C\c1ccccc1. The summed E-state index contributed by atoms with van der Waals surface area (Å²) in [5, 5.41) is 2.89. The predicted molar refractivity (Wildman–Crippen MR) is 84.4 cm³/mol. The molecule has 0 bridgehead atoms. The van der Waals surface area contributed by atoms with Crippen molar-refractivity contribution in [3.8, 4) is 0 Å². The van der Waals surface area contributed by atoms with E-state index in [1.54, 1.807) is 12.2 Å². The van der Waals surface area contributed by atoms with Gasteiger partial charge < -0.3 is 5.32 Å². The van der Waals surface area contributed by atoms with Crippen molar-refractivity contribution in [1.29, 1.82) is 0 Å². The molecule has 0 unspecified atom stereocenters. The Morgan fingerprint density at radius 1 is 1.05 bits per heavy atom. The van der Waals surface area contributed by atoms with Crippen LogP contribution in [-0.2, 0) is 11.2 Å². The third-order valence-electron chi connectivity index (χ3n) is 2.87. The molecule has 20 heavy (non-hydrogen) atoms. The largest absolute Gasteiger partial charge is 0.322 e. The van der Waals surface area contributed by atoms with Crippen LogP contribution in [0.1, 0.15) is 11.1 Å². The van der Waals surface area contributed by atoms with Gasteiger partial charge in [-0.1, -0.05) is 54.6 Å². The first-order valence-corrected chi connectivity index (χ1v) is 6.52. The van der Waals surface area contributed by atoms with Crippen LogP contribution in [0.25, 0.3) is 6.08 Å². The number of carbonyl (C=O) groups excluding carboxylic acids is 1. The molecule has 100 valence electrons. The number of amides is 1. The number of allylic oxidation sites excluding steroid dienone is 1. The van der Waals surface area contributed by atoms with Gasteiger partial charge in [0.1, 0.15) is 0 Å². The molecule has 0 saturated heterocycles. The fourth-order valence-corrected chi connectivity index (χ4v) is 1.89. The van der Waals surface area contributed by atoms with Crippen LogP contribution in [0, 0.1) is 0 Å². The standard InChI is InChI=1S/C18H17NO/c1-2-8-16-11-6-7-12-17(16)19-18(20)14-13-15-9-4-3-5-10-15/h2-7,9-14H,1,8H2,(H,19,20)/b14-13-. The summed E-state index contributed by atoms with van der Waals surface area (Å²) in [6.45, 7) is 3.73. The zero-order valence-electron chi connectivity index (χ0n) is 11.3. The van der Waals surface area contributed by atoms with E-state index in [-0.39, 0.29) is 5.91 Å². The van der Waals surface area contributed by atoms with Crippen LogP contribution in [0.5, 0.6) is 0 Å². The molecule has 2 heteroatoms. The van der Waals surface area contributed by atoms with Gasteiger partial charge in [0.25, 0.3) is 0 Å². The zero-order chi connectivity index (χ0) is 14.2. The van der Waals surface area contributed by atoms with Crippen LogP contribution in [0.3, 0.4) is 0 Å². The van der Waals surface area contributed by atoms with Gasteiger partial charge in [0, 0.05) is 11.8 Å². The lowest BCUT2D eigenvalue weighted by Gasteiger charge is -2.07. The Morgan fingerprint density at radius 3 is 2.50 bits per heavy atom. The van der Waals surface area contributed by atoms with E-state index in [1.165, 1.54) is 0 Å². The molecule has 0 aromatic heterocycles. The minimum Gasteiger partial charge on any atom is -0.322 e. The van der Waals surface area contributed by atoms with Crippen molar-refractivity contribution in [3.63, 3.8) is 0 Å². The van der Waals surface area contributed by atoms with Crippen LogP contribution in [-0.4, -0.2) is 5.91 Å². The van der Waals surface area contributed by atoms with E-state index in [2.05, 4.69) is 11.9 Å². The molecule has 0 aliphatic rings. The normalized spacial score (nSPS) is 10.4. The Bertz CT molecular complexity index is 614. The number of benzene rings is 2. The summed E-state index contributed by atoms with van der Waals surface area (Å²) in [6, 6.07) is 17.5. The first-order valence-electron chi connectivity index (χ1n) is 6.52. The van der Waals surface area contributed by atoms with E-state index in [1.807, 2.05) is 60.7 Å². The molecule has 0 fully saturated rings. The lowest BCUT2D eigenvalue weighted by Crippen LogP contribution is -2.09. The molecule has 0 atom stereocenters. The third kappa shape index (κ3) is 3.95. The quantitative estimate of drug-likeness (QED) is 0.639. The molecule has 2 aromatic carbocycles. The number of para-hydroxylation sites is 1.